The Labute approximate surface area is 144 Å². The number of benzene rings is 2. The van der Waals surface area contributed by atoms with Crippen LogP contribution in [0.2, 0.25) is 0 Å². The van der Waals surface area contributed by atoms with E-state index in [4.69, 9.17) is 4.74 Å². The zero-order valence-corrected chi connectivity index (χ0v) is 13.8. The van der Waals surface area contributed by atoms with Crippen LogP contribution in [0.3, 0.4) is 0 Å². The van der Waals surface area contributed by atoms with E-state index in [1.54, 1.807) is 0 Å². The molecule has 0 unspecified atom stereocenters. The van der Waals surface area contributed by atoms with E-state index >= 15 is 0 Å². The molecule has 5 heteroatoms. The molecule has 0 atom stereocenters. The van der Waals surface area contributed by atoms with Gasteiger partial charge in [-0.25, -0.2) is 0 Å². The summed E-state index contributed by atoms with van der Waals surface area (Å²) in [6.45, 7) is 2.98. The van der Waals surface area contributed by atoms with Crippen LogP contribution in [0, 0.1) is 6.29 Å². The van der Waals surface area contributed by atoms with Gasteiger partial charge in [0.2, 0.25) is 0 Å². The van der Waals surface area contributed by atoms with E-state index in [9.17, 15) is 4.57 Å². The minimum Gasteiger partial charge on any atom is -0.445 e. The van der Waals surface area contributed by atoms with E-state index in [1.165, 1.54) is 0 Å². The van der Waals surface area contributed by atoms with Crippen LogP contribution in [0.5, 0.6) is 0 Å². The van der Waals surface area contributed by atoms with Crippen molar-refractivity contribution in [3.05, 3.63) is 66.9 Å². The molecule has 0 aliphatic carbocycles. The number of morpholine rings is 1. The molecule has 3 rings (SSSR count). The minimum atomic E-state index is -2.75. The topological polar surface area (TPSA) is 29.5 Å². The molecular formula is C17H19LiNO2P. The molecule has 0 bridgehead atoms. The van der Waals surface area contributed by atoms with Gasteiger partial charge in [-0.15, -0.1) is 0 Å². The fourth-order valence-corrected chi connectivity index (χ4v) is 4.99. The number of rotatable bonds is 4. The molecule has 1 aliphatic heterocycles. The Morgan fingerprint density at radius 3 is 1.77 bits per heavy atom. The molecule has 2 aromatic rings. The Balaban J connectivity index is 0.00000176. The summed E-state index contributed by atoms with van der Waals surface area (Å²) >= 11 is 0. The smallest absolute Gasteiger partial charge is 0.445 e. The molecule has 22 heavy (non-hydrogen) atoms. The Kier molecular flexibility index (Phi) is 6.50. The Morgan fingerprint density at radius 2 is 1.32 bits per heavy atom. The molecule has 110 valence electrons. The van der Waals surface area contributed by atoms with E-state index < -0.39 is 7.14 Å². The zero-order valence-electron chi connectivity index (χ0n) is 12.9. The van der Waals surface area contributed by atoms with Crippen LogP contribution >= 0.6 is 7.14 Å². The molecule has 0 aromatic heterocycles. The van der Waals surface area contributed by atoms with Gasteiger partial charge in [0, 0.05) is 7.14 Å². The average molecular weight is 307 g/mol. The minimum absolute atomic E-state index is 0. The van der Waals surface area contributed by atoms with Gasteiger partial charge in [0.1, 0.15) is 0 Å². The zero-order chi connectivity index (χ0) is 14.5. The van der Waals surface area contributed by atoms with Crippen LogP contribution in [0.15, 0.2) is 60.7 Å². The predicted molar refractivity (Wildman–Crippen MR) is 86.5 cm³/mol. The monoisotopic (exact) mass is 307 g/mol. The van der Waals surface area contributed by atoms with Gasteiger partial charge < -0.3 is 14.2 Å². The number of ether oxygens (including phenoxy) is 1. The summed E-state index contributed by atoms with van der Waals surface area (Å²) in [5.74, 6) is 0. The number of hydrogen-bond acceptors (Lipinski definition) is 3. The summed E-state index contributed by atoms with van der Waals surface area (Å²) in [7, 11) is -2.75. The molecule has 1 heterocycles. The van der Waals surface area contributed by atoms with Crippen molar-refractivity contribution in [2.45, 2.75) is 0 Å². The molecule has 0 radical (unpaired) electrons. The maximum atomic E-state index is 13.7. The Morgan fingerprint density at radius 1 is 0.864 bits per heavy atom. The molecule has 0 N–H and O–H groups in total. The fourth-order valence-electron chi connectivity index (χ4n) is 2.50. The van der Waals surface area contributed by atoms with Crippen LogP contribution < -0.4 is 29.5 Å². The molecule has 3 nitrogen and oxygen atoms in total. The van der Waals surface area contributed by atoms with Gasteiger partial charge in [-0.05, 0) is 23.7 Å². The van der Waals surface area contributed by atoms with Gasteiger partial charge in [-0.2, -0.15) is 6.29 Å². The normalized spacial score (nSPS) is 16.0. The molecule has 0 spiro atoms. The van der Waals surface area contributed by atoms with E-state index in [1.807, 2.05) is 66.9 Å². The molecule has 1 aliphatic rings. The maximum absolute atomic E-state index is 13.7. The first-order valence-corrected chi connectivity index (χ1v) is 8.95. The molecular weight excluding hydrogens is 288 g/mol. The number of nitrogens with zero attached hydrogens (tertiary/aromatic N) is 1. The van der Waals surface area contributed by atoms with Crippen molar-refractivity contribution < 1.29 is 28.2 Å². The predicted octanol–water partition coefficient (Wildman–Crippen LogP) is -0.544. The van der Waals surface area contributed by atoms with Crippen LogP contribution in [-0.2, 0) is 9.30 Å². The van der Waals surface area contributed by atoms with Gasteiger partial charge in [0.05, 0.1) is 13.2 Å². The van der Waals surface area contributed by atoms with Crippen LogP contribution in [0.1, 0.15) is 0 Å². The van der Waals surface area contributed by atoms with Crippen molar-refractivity contribution in [3.8, 4) is 0 Å². The fraction of sp³-hybridized carbons (Fsp3) is 0.235. The molecule has 2 aromatic carbocycles. The van der Waals surface area contributed by atoms with E-state index in [0.717, 1.165) is 23.7 Å². The summed E-state index contributed by atoms with van der Waals surface area (Å²) in [5.41, 5.74) is 0. The second kappa shape index (κ2) is 8.16. The van der Waals surface area contributed by atoms with Crippen molar-refractivity contribution in [3.63, 3.8) is 0 Å². The van der Waals surface area contributed by atoms with E-state index in [0.29, 0.717) is 13.2 Å². The second-order valence-electron chi connectivity index (χ2n) is 5.09. The third-order valence-electron chi connectivity index (χ3n) is 3.65. The van der Waals surface area contributed by atoms with Crippen molar-refractivity contribution in [2.24, 2.45) is 0 Å². The van der Waals surface area contributed by atoms with Gasteiger partial charge in [0.15, 0.2) is 0 Å². The third-order valence-corrected chi connectivity index (χ3v) is 6.43. The Bertz CT molecular complexity index is 572. The summed E-state index contributed by atoms with van der Waals surface area (Å²) in [6.07, 6.45) is 1.93. The van der Waals surface area contributed by atoms with Crippen LogP contribution in [-0.4, -0.2) is 31.2 Å². The van der Waals surface area contributed by atoms with E-state index in [-0.39, 0.29) is 18.9 Å². The Hall–Kier alpha value is -0.813. The molecule has 0 saturated carbocycles. The van der Waals surface area contributed by atoms with Crippen molar-refractivity contribution in [1.82, 2.24) is 4.90 Å². The molecule has 1 fully saturated rings. The third kappa shape index (κ3) is 3.93. The summed E-state index contributed by atoms with van der Waals surface area (Å²) in [6, 6.07) is 19.5. The standard InChI is InChI=1S/C17H19NO2P.Li/c19-21(16-7-3-1-4-8-16,17-9-5-2-6-10-17)15-18-11-13-20-14-12-18;/h1-10,15H,11-14H2;/q-1;+1. The summed E-state index contributed by atoms with van der Waals surface area (Å²) in [4.78, 5) is 2.13. The summed E-state index contributed by atoms with van der Waals surface area (Å²) in [5, 5.41) is 1.75. The largest absolute Gasteiger partial charge is 1.00 e. The SMILES string of the molecule is O=P([CH-]N1CCOCC1)(c1ccccc1)c1ccccc1.[Li+]. The van der Waals surface area contributed by atoms with E-state index in [2.05, 4.69) is 4.90 Å². The molecule has 1 saturated heterocycles. The second-order valence-corrected chi connectivity index (χ2v) is 7.67. The van der Waals surface area contributed by atoms with Gasteiger partial charge in [-0.1, -0.05) is 60.7 Å². The number of hydrogen-bond donors (Lipinski definition) is 0. The molecule has 0 amide bonds. The van der Waals surface area contributed by atoms with Crippen molar-refractivity contribution >= 4 is 17.8 Å². The first-order valence-electron chi connectivity index (χ1n) is 7.18. The first-order chi connectivity index (χ1) is 10.3. The average Bonchev–Trinajstić information content (AvgIpc) is 2.57. The maximum Gasteiger partial charge on any atom is 1.00 e. The van der Waals surface area contributed by atoms with Crippen molar-refractivity contribution in [1.29, 1.82) is 0 Å². The van der Waals surface area contributed by atoms with Crippen molar-refractivity contribution in [2.75, 3.05) is 26.3 Å². The first kappa shape index (κ1) is 17.5. The quantitative estimate of drug-likeness (QED) is 0.431. The van der Waals surface area contributed by atoms with Gasteiger partial charge in [-0.3, -0.25) is 0 Å². The summed E-state index contributed by atoms with van der Waals surface area (Å²) < 4.78 is 19.1. The van der Waals surface area contributed by atoms with Crippen LogP contribution in [0.25, 0.3) is 0 Å². The van der Waals surface area contributed by atoms with Gasteiger partial charge in [0.25, 0.3) is 0 Å². The van der Waals surface area contributed by atoms with Crippen LogP contribution in [0.4, 0.5) is 0 Å². The van der Waals surface area contributed by atoms with Gasteiger partial charge >= 0.3 is 18.9 Å².